The van der Waals surface area contributed by atoms with Crippen LogP contribution >= 0.6 is 0 Å². The Balaban J connectivity index is 0.00000343. The first-order valence-corrected chi connectivity index (χ1v) is 14.4. The van der Waals surface area contributed by atoms with E-state index in [9.17, 15) is 4.79 Å². The van der Waals surface area contributed by atoms with Crippen LogP contribution in [0.5, 0.6) is 11.5 Å². The van der Waals surface area contributed by atoms with Gasteiger partial charge in [0.05, 0.1) is 37.7 Å². The molecule has 44 heavy (non-hydrogen) atoms. The third kappa shape index (κ3) is 4.94. The number of rotatable bonds is 6. The number of fused-ring (bicyclic) bond motifs is 3. The third-order valence-corrected chi connectivity index (χ3v) is 8.52. The predicted octanol–water partition coefficient (Wildman–Crippen LogP) is 5.89. The number of nitrogens with zero attached hydrogens (tertiary/aromatic N) is 4. The van der Waals surface area contributed by atoms with Gasteiger partial charge in [-0.2, -0.15) is 0 Å². The molecular formula is C34H35FN6O3. The lowest BCUT2D eigenvalue weighted by Gasteiger charge is -2.23. The lowest BCUT2D eigenvalue weighted by Crippen LogP contribution is -2.47. The Labute approximate surface area is 256 Å². The zero-order valence-corrected chi connectivity index (χ0v) is 24.0. The molecule has 1 amide bonds. The number of anilines is 3. The summed E-state index contributed by atoms with van der Waals surface area (Å²) >= 11 is 0. The number of halogens is 1. The molecule has 7 rings (SSSR count). The normalized spacial score (nSPS) is 18.7. The van der Waals surface area contributed by atoms with Crippen LogP contribution in [-0.4, -0.2) is 54.4 Å². The number of carbonyl (C=O) groups is 1. The third-order valence-electron chi connectivity index (χ3n) is 8.52. The highest BCUT2D eigenvalue weighted by molar-refractivity contribution is 6.18. The van der Waals surface area contributed by atoms with E-state index < -0.39 is 11.4 Å². The summed E-state index contributed by atoms with van der Waals surface area (Å²) < 4.78 is 26.3. The van der Waals surface area contributed by atoms with E-state index in [4.69, 9.17) is 19.5 Å². The van der Waals surface area contributed by atoms with Crippen molar-refractivity contribution in [1.82, 2.24) is 15.3 Å². The Bertz CT molecular complexity index is 1770. The van der Waals surface area contributed by atoms with Gasteiger partial charge in [-0.15, -0.1) is 0 Å². The van der Waals surface area contributed by atoms with Crippen LogP contribution in [0.4, 0.5) is 21.7 Å². The maximum atomic E-state index is 15.3. The van der Waals surface area contributed by atoms with Crippen molar-refractivity contribution in [3.05, 3.63) is 89.4 Å². The number of hydrogen-bond donors (Lipinski definition) is 2. The Kier molecular flexibility index (Phi) is 7.77. The SMILES string of the molecule is C.COc1ccc2c(c1)C(c1c(F)cccc1OC)=NCc1cnc(Nc3cccc(N4CCC5(CCCN5)C4=O)c3)nc1-2. The number of nitrogens with one attached hydrogen (secondary N) is 2. The van der Waals surface area contributed by atoms with Gasteiger partial charge in [0.2, 0.25) is 11.9 Å². The lowest BCUT2D eigenvalue weighted by atomic mass is 9.94. The summed E-state index contributed by atoms with van der Waals surface area (Å²) in [5, 5.41) is 6.76. The van der Waals surface area contributed by atoms with Crippen molar-refractivity contribution in [1.29, 1.82) is 0 Å². The van der Waals surface area contributed by atoms with Crippen molar-refractivity contribution in [2.45, 2.75) is 38.8 Å². The number of ether oxygens (including phenoxy) is 2. The van der Waals surface area contributed by atoms with E-state index in [0.717, 1.165) is 48.3 Å². The minimum Gasteiger partial charge on any atom is -0.497 e. The van der Waals surface area contributed by atoms with Crippen LogP contribution < -0.4 is 25.0 Å². The first kappa shape index (κ1) is 29.3. The topological polar surface area (TPSA) is 101 Å². The van der Waals surface area contributed by atoms with Gasteiger partial charge in [0.1, 0.15) is 22.9 Å². The molecule has 3 aromatic carbocycles. The molecule has 4 aromatic rings. The van der Waals surface area contributed by atoms with Crippen LogP contribution in [-0.2, 0) is 11.3 Å². The van der Waals surface area contributed by atoms with Crippen LogP contribution in [0.1, 0.15) is 43.4 Å². The second-order valence-electron chi connectivity index (χ2n) is 11.0. The molecule has 10 heteroatoms. The molecule has 1 atom stereocenters. The van der Waals surface area contributed by atoms with Gasteiger partial charge in [-0.3, -0.25) is 9.79 Å². The minimum absolute atomic E-state index is 0. The zero-order valence-electron chi connectivity index (χ0n) is 24.0. The molecule has 0 radical (unpaired) electrons. The highest BCUT2D eigenvalue weighted by atomic mass is 19.1. The van der Waals surface area contributed by atoms with Gasteiger partial charge in [0.25, 0.3) is 0 Å². The molecule has 4 heterocycles. The second kappa shape index (κ2) is 11.7. The molecule has 2 saturated heterocycles. The summed E-state index contributed by atoms with van der Waals surface area (Å²) in [6.07, 6.45) is 4.45. The van der Waals surface area contributed by atoms with E-state index in [1.807, 2.05) is 47.4 Å². The van der Waals surface area contributed by atoms with E-state index in [1.54, 1.807) is 25.4 Å². The molecule has 1 spiro atoms. The molecule has 2 fully saturated rings. The zero-order chi connectivity index (χ0) is 29.6. The molecule has 3 aliphatic rings. The van der Waals surface area contributed by atoms with Crippen LogP contribution in [0.2, 0.25) is 0 Å². The van der Waals surface area contributed by atoms with Gasteiger partial charge in [-0.1, -0.05) is 19.6 Å². The number of carbonyl (C=O) groups excluding carboxylic acids is 1. The summed E-state index contributed by atoms with van der Waals surface area (Å²) in [5.41, 5.74) is 4.84. The average Bonchev–Trinajstić information content (AvgIpc) is 3.60. The Morgan fingerprint density at radius 3 is 2.68 bits per heavy atom. The van der Waals surface area contributed by atoms with Crippen molar-refractivity contribution in [3.8, 4) is 22.8 Å². The maximum Gasteiger partial charge on any atom is 0.247 e. The highest BCUT2D eigenvalue weighted by Gasteiger charge is 2.48. The number of amides is 1. The Morgan fingerprint density at radius 2 is 1.89 bits per heavy atom. The first-order chi connectivity index (χ1) is 21.0. The molecule has 2 N–H and O–H groups in total. The molecule has 0 saturated carbocycles. The molecular weight excluding hydrogens is 559 g/mol. The predicted molar refractivity (Wildman–Crippen MR) is 170 cm³/mol. The number of methoxy groups -OCH3 is 2. The fraction of sp³-hybridized carbons (Fsp3) is 0.294. The van der Waals surface area contributed by atoms with E-state index in [1.165, 1.54) is 13.2 Å². The Hall–Kier alpha value is -4.83. The fourth-order valence-corrected chi connectivity index (χ4v) is 6.33. The van der Waals surface area contributed by atoms with Crippen molar-refractivity contribution in [2.75, 3.05) is 37.5 Å². The number of aromatic nitrogens is 2. The van der Waals surface area contributed by atoms with Crippen molar-refractivity contribution >= 4 is 28.9 Å². The average molecular weight is 595 g/mol. The molecule has 3 aliphatic heterocycles. The second-order valence-corrected chi connectivity index (χ2v) is 11.0. The molecule has 0 aliphatic carbocycles. The van der Waals surface area contributed by atoms with E-state index in [2.05, 4.69) is 15.6 Å². The fourth-order valence-electron chi connectivity index (χ4n) is 6.33. The number of aliphatic imine (C=N–C) groups is 1. The number of hydrogen-bond acceptors (Lipinski definition) is 8. The van der Waals surface area contributed by atoms with E-state index in [0.29, 0.717) is 41.0 Å². The van der Waals surface area contributed by atoms with E-state index >= 15 is 4.39 Å². The maximum absolute atomic E-state index is 15.3. The largest absolute Gasteiger partial charge is 0.497 e. The quantitative estimate of drug-likeness (QED) is 0.287. The van der Waals surface area contributed by atoms with Crippen molar-refractivity contribution in [2.24, 2.45) is 4.99 Å². The van der Waals surface area contributed by atoms with Gasteiger partial charge in [0, 0.05) is 40.8 Å². The standard InChI is InChI=1S/C33H31FN6O3.CH4/c1-42-23-10-11-24-25(17-23)30(28-26(34)8-4-9-27(28)43-2)35-18-20-19-36-32(39-29(20)24)38-21-6-3-7-22(16-21)40-15-13-33(31(40)41)12-5-14-37-33;/h3-4,6-11,16-17,19,37H,5,12-15,18H2,1-2H3,(H,36,38,39);1H4. The molecule has 9 nitrogen and oxygen atoms in total. The molecule has 1 unspecified atom stereocenters. The van der Waals surface area contributed by atoms with Crippen LogP contribution in [0.3, 0.4) is 0 Å². The van der Waals surface area contributed by atoms with Gasteiger partial charge < -0.3 is 25.0 Å². The van der Waals surface area contributed by atoms with Crippen molar-refractivity contribution < 1.29 is 18.7 Å². The summed E-state index contributed by atoms with van der Waals surface area (Å²) in [6.45, 7) is 1.81. The smallest absolute Gasteiger partial charge is 0.247 e. The lowest BCUT2D eigenvalue weighted by molar-refractivity contribution is -0.122. The molecule has 226 valence electrons. The summed E-state index contributed by atoms with van der Waals surface area (Å²) in [4.78, 5) is 29.5. The van der Waals surface area contributed by atoms with Gasteiger partial charge in [-0.05, 0) is 74.3 Å². The first-order valence-electron chi connectivity index (χ1n) is 14.4. The van der Waals surface area contributed by atoms with Crippen molar-refractivity contribution in [3.63, 3.8) is 0 Å². The van der Waals surface area contributed by atoms with E-state index in [-0.39, 0.29) is 25.4 Å². The van der Waals surface area contributed by atoms with Gasteiger partial charge in [0.15, 0.2) is 0 Å². The summed E-state index contributed by atoms with van der Waals surface area (Å²) in [6, 6.07) is 18.1. The monoisotopic (exact) mass is 594 g/mol. The van der Waals surface area contributed by atoms with Gasteiger partial charge in [-0.25, -0.2) is 14.4 Å². The minimum atomic E-state index is -0.433. The van der Waals surface area contributed by atoms with Gasteiger partial charge >= 0.3 is 0 Å². The molecule has 0 bridgehead atoms. The van der Waals surface area contributed by atoms with Crippen LogP contribution in [0, 0.1) is 5.82 Å². The number of benzene rings is 3. The Morgan fingerprint density at radius 1 is 1.02 bits per heavy atom. The molecule has 1 aromatic heterocycles. The van der Waals surface area contributed by atoms with Crippen LogP contribution in [0.25, 0.3) is 11.3 Å². The van der Waals surface area contributed by atoms with Crippen LogP contribution in [0.15, 0.2) is 71.9 Å². The summed E-state index contributed by atoms with van der Waals surface area (Å²) in [7, 11) is 3.10. The summed E-state index contributed by atoms with van der Waals surface area (Å²) in [5.74, 6) is 1.10. The highest BCUT2D eigenvalue weighted by Crippen LogP contribution is 2.38.